The third-order valence-electron chi connectivity index (χ3n) is 2.10. The molecule has 0 fully saturated rings. The summed E-state index contributed by atoms with van der Waals surface area (Å²) >= 11 is 0. The second kappa shape index (κ2) is 5.10. The Morgan fingerprint density at radius 1 is 1.36 bits per heavy atom. The van der Waals surface area contributed by atoms with Gasteiger partial charge in [0.25, 0.3) is 0 Å². The summed E-state index contributed by atoms with van der Waals surface area (Å²) in [7, 11) is 0. The maximum absolute atomic E-state index is 4.11. The summed E-state index contributed by atoms with van der Waals surface area (Å²) in [6.07, 6.45) is 2.74. The predicted molar refractivity (Wildman–Crippen MR) is 57.2 cm³/mol. The predicted octanol–water partition coefficient (Wildman–Crippen LogP) is 1.40. The van der Waals surface area contributed by atoms with Crippen LogP contribution in [0.15, 0.2) is 6.33 Å². The SMILES string of the molecule is CC(C)NCCc1nncn1C(C)C. The Balaban J connectivity index is 2.46. The molecular formula is C10H20N4. The van der Waals surface area contributed by atoms with Gasteiger partial charge in [-0.15, -0.1) is 10.2 Å². The molecule has 1 aromatic heterocycles. The van der Waals surface area contributed by atoms with Crippen molar-refractivity contribution < 1.29 is 0 Å². The van der Waals surface area contributed by atoms with Gasteiger partial charge >= 0.3 is 0 Å². The molecule has 0 aliphatic heterocycles. The van der Waals surface area contributed by atoms with Gasteiger partial charge in [-0.1, -0.05) is 13.8 Å². The molecular weight excluding hydrogens is 176 g/mol. The average molecular weight is 196 g/mol. The maximum atomic E-state index is 4.11. The van der Waals surface area contributed by atoms with Gasteiger partial charge < -0.3 is 9.88 Å². The number of nitrogens with zero attached hydrogens (tertiary/aromatic N) is 3. The van der Waals surface area contributed by atoms with Gasteiger partial charge in [0.2, 0.25) is 0 Å². The standard InChI is InChI=1S/C10H20N4/c1-8(2)11-6-5-10-13-12-7-14(10)9(3)4/h7-9,11H,5-6H2,1-4H3. The Morgan fingerprint density at radius 2 is 2.07 bits per heavy atom. The van der Waals surface area contributed by atoms with Crippen LogP contribution in [-0.4, -0.2) is 27.4 Å². The number of hydrogen-bond acceptors (Lipinski definition) is 3. The molecule has 4 heteroatoms. The third-order valence-corrected chi connectivity index (χ3v) is 2.10. The van der Waals surface area contributed by atoms with Crippen molar-refractivity contribution in [3.63, 3.8) is 0 Å². The first-order valence-corrected chi connectivity index (χ1v) is 5.23. The largest absolute Gasteiger partial charge is 0.315 e. The van der Waals surface area contributed by atoms with E-state index in [1.807, 2.05) is 0 Å². The van der Waals surface area contributed by atoms with Gasteiger partial charge in [0.05, 0.1) is 0 Å². The highest BCUT2D eigenvalue weighted by molar-refractivity contribution is 4.88. The van der Waals surface area contributed by atoms with Crippen LogP contribution >= 0.6 is 0 Å². The molecule has 14 heavy (non-hydrogen) atoms. The molecule has 0 radical (unpaired) electrons. The summed E-state index contributed by atoms with van der Waals surface area (Å²) in [6.45, 7) is 9.54. The van der Waals surface area contributed by atoms with Crippen LogP contribution in [0.2, 0.25) is 0 Å². The van der Waals surface area contributed by atoms with E-state index >= 15 is 0 Å². The Hall–Kier alpha value is -0.900. The topological polar surface area (TPSA) is 42.7 Å². The summed E-state index contributed by atoms with van der Waals surface area (Å²) in [6, 6.07) is 0.976. The zero-order chi connectivity index (χ0) is 10.6. The smallest absolute Gasteiger partial charge is 0.134 e. The molecule has 0 atom stereocenters. The number of rotatable bonds is 5. The highest BCUT2D eigenvalue weighted by Crippen LogP contribution is 2.06. The van der Waals surface area contributed by atoms with Gasteiger partial charge in [-0.2, -0.15) is 0 Å². The molecule has 1 heterocycles. The fourth-order valence-corrected chi connectivity index (χ4v) is 1.35. The van der Waals surface area contributed by atoms with Gasteiger partial charge in [0.1, 0.15) is 12.2 Å². The summed E-state index contributed by atoms with van der Waals surface area (Å²) in [4.78, 5) is 0. The average Bonchev–Trinajstić information content (AvgIpc) is 2.51. The van der Waals surface area contributed by atoms with Crippen molar-refractivity contribution in [1.29, 1.82) is 0 Å². The molecule has 0 unspecified atom stereocenters. The molecule has 0 amide bonds. The summed E-state index contributed by atoms with van der Waals surface area (Å²) in [5.74, 6) is 1.06. The highest BCUT2D eigenvalue weighted by atomic mass is 15.3. The minimum atomic E-state index is 0.444. The Bertz CT molecular complexity index is 265. The lowest BCUT2D eigenvalue weighted by Gasteiger charge is -2.11. The summed E-state index contributed by atoms with van der Waals surface area (Å²) in [5.41, 5.74) is 0. The maximum Gasteiger partial charge on any atom is 0.134 e. The van der Waals surface area contributed by atoms with Gasteiger partial charge in [-0.3, -0.25) is 0 Å². The highest BCUT2D eigenvalue weighted by Gasteiger charge is 2.06. The molecule has 0 saturated carbocycles. The lowest BCUT2D eigenvalue weighted by molar-refractivity contribution is 0.537. The molecule has 0 bridgehead atoms. The van der Waals surface area contributed by atoms with E-state index in [1.165, 1.54) is 0 Å². The fraction of sp³-hybridized carbons (Fsp3) is 0.800. The van der Waals surface area contributed by atoms with Crippen molar-refractivity contribution in [1.82, 2.24) is 20.1 Å². The van der Waals surface area contributed by atoms with Crippen molar-refractivity contribution in [2.24, 2.45) is 0 Å². The van der Waals surface area contributed by atoms with E-state index in [2.05, 4.69) is 47.8 Å². The quantitative estimate of drug-likeness (QED) is 0.774. The molecule has 1 rings (SSSR count). The fourth-order valence-electron chi connectivity index (χ4n) is 1.35. The lowest BCUT2D eigenvalue weighted by atomic mass is 10.3. The molecule has 1 aromatic rings. The minimum absolute atomic E-state index is 0.444. The van der Waals surface area contributed by atoms with Crippen molar-refractivity contribution >= 4 is 0 Å². The molecule has 0 aromatic carbocycles. The third kappa shape index (κ3) is 3.10. The van der Waals surface area contributed by atoms with Crippen LogP contribution in [0.4, 0.5) is 0 Å². The Kier molecular flexibility index (Phi) is 4.07. The van der Waals surface area contributed by atoms with E-state index in [-0.39, 0.29) is 0 Å². The summed E-state index contributed by atoms with van der Waals surface area (Å²) < 4.78 is 2.11. The second-order valence-electron chi connectivity index (χ2n) is 4.11. The summed E-state index contributed by atoms with van der Waals surface area (Å²) in [5, 5.41) is 11.4. The normalized spacial score (nSPS) is 11.6. The van der Waals surface area contributed by atoms with Crippen LogP contribution in [0.1, 0.15) is 39.6 Å². The van der Waals surface area contributed by atoms with E-state index in [0.29, 0.717) is 12.1 Å². The number of aromatic nitrogens is 3. The van der Waals surface area contributed by atoms with E-state index in [9.17, 15) is 0 Å². The van der Waals surface area contributed by atoms with E-state index in [4.69, 9.17) is 0 Å². The second-order valence-corrected chi connectivity index (χ2v) is 4.11. The molecule has 1 N–H and O–H groups in total. The monoisotopic (exact) mass is 196 g/mol. The van der Waals surface area contributed by atoms with Gasteiger partial charge in [0, 0.05) is 25.0 Å². The van der Waals surface area contributed by atoms with Gasteiger partial charge in [-0.05, 0) is 13.8 Å². The van der Waals surface area contributed by atoms with Crippen LogP contribution in [-0.2, 0) is 6.42 Å². The molecule has 0 aliphatic carbocycles. The molecule has 0 saturated heterocycles. The molecule has 4 nitrogen and oxygen atoms in total. The molecule has 0 aliphatic rings. The van der Waals surface area contributed by atoms with Crippen molar-refractivity contribution in [2.45, 2.75) is 46.2 Å². The minimum Gasteiger partial charge on any atom is -0.315 e. The zero-order valence-electron chi connectivity index (χ0n) is 9.49. The van der Waals surface area contributed by atoms with E-state index in [0.717, 1.165) is 18.8 Å². The first-order chi connectivity index (χ1) is 6.61. The van der Waals surface area contributed by atoms with Crippen LogP contribution in [0.5, 0.6) is 0 Å². The van der Waals surface area contributed by atoms with Gasteiger partial charge in [-0.25, -0.2) is 0 Å². The van der Waals surface area contributed by atoms with Crippen LogP contribution < -0.4 is 5.32 Å². The number of nitrogens with one attached hydrogen (secondary N) is 1. The van der Waals surface area contributed by atoms with Crippen molar-refractivity contribution in [3.05, 3.63) is 12.2 Å². The Morgan fingerprint density at radius 3 is 2.64 bits per heavy atom. The van der Waals surface area contributed by atoms with Crippen molar-refractivity contribution in [2.75, 3.05) is 6.54 Å². The van der Waals surface area contributed by atoms with E-state index < -0.39 is 0 Å². The Labute approximate surface area is 85.7 Å². The number of hydrogen-bond donors (Lipinski definition) is 1. The molecule has 0 spiro atoms. The molecule has 80 valence electrons. The van der Waals surface area contributed by atoms with Crippen LogP contribution in [0.25, 0.3) is 0 Å². The van der Waals surface area contributed by atoms with E-state index in [1.54, 1.807) is 6.33 Å². The zero-order valence-corrected chi connectivity index (χ0v) is 9.49. The lowest BCUT2D eigenvalue weighted by Crippen LogP contribution is -2.26. The first kappa shape index (κ1) is 11.2. The first-order valence-electron chi connectivity index (χ1n) is 5.23. The van der Waals surface area contributed by atoms with Crippen LogP contribution in [0, 0.1) is 0 Å². The van der Waals surface area contributed by atoms with Crippen LogP contribution in [0.3, 0.4) is 0 Å². The van der Waals surface area contributed by atoms with Crippen molar-refractivity contribution in [3.8, 4) is 0 Å². The van der Waals surface area contributed by atoms with Gasteiger partial charge in [0.15, 0.2) is 0 Å².